The standard InChI is InChI=1S/C87H138O17P2/c1-5-9-13-17-21-25-29-33-36-38-40-42-45-49-52-56-60-64-68-72-85(90)98-78-83(104-87(92)74-70-66-62-58-54-50-46-43-41-39-37-34-30-26-22-18-14-10-6-2)80-102-106(95,96)100-76-81(88)75-99-105(93,94)101-79-82(103-86(91)73-69-65-61-57-53-47-32-28-24-20-16-12-8-4)77-97-84(89)71-67-63-59-55-51-48-44-35-31-27-23-19-15-11-7-3/h9-11,13-15,21-23,25-28,32-37,40-44,49-50,52,54,60,62,64,66,81-83,88H,5-8,12,16-20,24,29-31,38-39,45-48,51,53,55-59,61,63,65,67-80H2,1-4H3,(H,93,94)(H,95,96)/b13-9-,14-10-,15-11-,25-21-,26-22-,27-23-,32-28-,36-33-,37-34-,42-40-,43-41-,44-35-,52-49-,54-50-,64-60-,66-62-. The molecule has 0 spiro atoms. The molecule has 598 valence electrons. The molecule has 5 atom stereocenters. The first-order chi connectivity index (χ1) is 51.7. The van der Waals surface area contributed by atoms with Crippen LogP contribution in [-0.2, 0) is 65.4 Å². The van der Waals surface area contributed by atoms with Crippen LogP contribution < -0.4 is 0 Å². The summed E-state index contributed by atoms with van der Waals surface area (Å²) in [6, 6.07) is 0. The molecule has 0 fully saturated rings. The minimum Gasteiger partial charge on any atom is -0.462 e. The van der Waals surface area contributed by atoms with E-state index in [0.29, 0.717) is 38.5 Å². The van der Waals surface area contributed by atoms with Crippen molar-refractivity contribution >= 4 is 39.5 Å². The van der Waals surface area contributed by atoms with E-state index in [4.69, 9.17) is 37.0 Å². The zero-order valence-corrected chi connectivity index (χ0v) is 67.1. The topological polar surface area (TPSA) is 237 Å². The molecule has 0 aliphatic heterocycles. The van der Waals surface area contributed by atoms with Gasteiger partial charge in [0.25, 0.3) is 0 Å². The summed E-state index contributed by atoms with van der Waals surface area (Å²) in [5.41, 5.74) is 0. The number of esters is 4. The molecule has 17 nitrogen and oxygen atoms in total. The second kappa shape index (κ2) is 77.1. The summed E-state index contributed by atoms with van der Waals surface area (Å²) in [5.74, 6) is -2.42. The first-order valence-electron chi connectivity index (χ1n) is 39.7. The SMILES string of the molecule is CC/C=C\C/C=C\C/C=C\C/C=C\C/C=C\C/C=C\CCC(=O)OCC(COP(=O)(O)OCC(O)COP(=O)(O)OCC(COC(=O)CCCCCCC/C=C\C/C=C\C/C=C\CC)OC(=O)CCCCCCC/C=C\CCCCCC)OC(=O)CC/C=C\C/C=C\C/C=C\C/C=C\C/C=C\C/C=C\CC. The van der Waals surface area contributed by atoms with E-state index >= 15 is 0 Å². The minimum atomic E-state index is -5.03. The summed E-state index contributed by atoms with van der Waals surface area (Å²) in [5, 5.41) is 10.6. The van der Waals surface area contributed by atoms with Crippen molar-refractivity contribution in [2.24, 2.45) is 0 Å². The number of phosphoric acid groups is 2. The molecule has 5 unspecified atom stereocenters. The van der Waals surface area contributed by atoms with Gasteiger partial charge in [0.15, 0.2) is 12.2 Å². The lowest BCUT2D eigenvalue weighted by atomic mass is 10.1. The summed E-state index contributed by atoms with van der Waals surface area (Å²) in [4.78, 5) is 73.0. The Morgan fingerprint density at radius 1 is 0.274 bits per heavy atom. The van der Waals surface area contributed by atoms with E-state index in [1.807, 2.05) is 36.5 Å². The summed E-state index contributed by atoms with van der Waals surface area (Å²) >= 11 is 0. The monoisotopic (exact) mass is 1520 g/mol. The summed E-state index contributed by atoms with van der Waals surface area (Å²) in [7, 11) is -10.0. The Labute approximate surface area is 640 Å². The van der Waals surface area contributed by atoms with Gasteiger partial charge in [-0.05, 0) is 161 Å². The summed E-state index contributed by atoms with van der Waals surface area (Å²) in [6.45, 7) is 4.29. The van der Waals surface area contributed by atoms with Crippen LogP contribution in [0, 0.1) is 0 Å². The van der Waals surface area contributed by atoms with Crippen LogP contribution in [0.5, 0.6) is 0 Å². The van der Waals surface area contributed by atoms with E-state index in [2.05, 4.69) is 186 Å². The van der Waals surface area contributed by atoms with Gasteiger partial charge in [-0.1, -0.05) is 280 Å². The molecule has 19 heteroatoms. The molecule has 0 saturated heterocycles. The number of unbranched alkanes of at least 4 members (excludes halogenated alkanes) is 14. The highest BCUT2D eigenvalue weighted by Crippen LogP contribution is 2.45. The molecule has 0 heterocycles. The number of carbonyl (C=O) groups is 4. The van der Waals surface area contributed by atoms with Crippen molar-refractivity contribution in [2.75, 3.05) is 39.6 Å². The molecule has 0 aromatic heterocycles. The Balaban J connectivity index is 5.54. The van der Waals surface area contributed by atoms with Gasteiger partial charge < -0.3 is 33.8 Å². The van der Waals surface area contributed by atoms with Crippen LogP contribution in [0.15, 0.2) is 194 Å². The van der Waals surface area contributed by atoms with E-state index in [0.717, 1.165) is 154 Å². The van der Waals surface area contributed by atoms with Crippen LogP contribution in [0.1, 0.15) is 272 Å². The second-order valence-electron chi connectivity index (χ2n) is 25.5. The molecule has 0 aliphatic carbocycles. The fraction of sp³-hybridized carbons (Fsp3) is 0.586. The maximum absolute atomic E-state index is 13.1. The van der Waals surface area contributed by atoms with Crippen LogP contribution in [0.3, 0.4) is 0 Å². The Morgan fingerprint density at radius 2 is 0.509 bits per heavy atom. The molecule has 0 aromatic carbocycles. The normalized spacial score (nSPS) is 14.9. The maximum Gasteiger partial charge on any atom is 0.472 e. The maximum atomic E-state index is 13.1. The molecule has 0 bridgehead atoms. The van der Waals surface area contributed by atoms with Crippen LogP contribution >= 0.6 is 15.6 Å². The van der Waals surface area contributed by atoms with Crippen molar-refractivity contribution in [3.8, 4) is 0 Å². The van der Waals surface area contributed by atoms with E-state index in [1.165, 1.54) is 25.7 Å². The third-order valence-electron chi connectivity index (χ3n) is 15.6. The number of allylic oxidation sites excluding steroid dienone is 32. The fourth-order valence-electron chi connectivity index (χ4n) is 9.63. The highest BCUT2D eigenvalue weighted by atomic mass is 31.2. The van der Waals surface area contributed by atoms with Gasteiger partial charge in [-0.3, -0.25) is 37.3 Å². The van der Waals surface area contributed by atoms with Gasteiger partial charge >= 0.3 is 39.5 Å². The highest BCUT2D eigenvalue weighted by Gasteiger charge is 2.30. The number of aliphatic hydroxyl groups excluding tert-OH is 1. The van der Waals surface area contributed by atoms with Crippen molar-refractivity contribution in [1.29, 1.82) is 0 Å². The first-order valence-corrected chi connectivity index (χ1v) is 42.7. The molecule has 0 radical (unpaired) electrons. The van der Waals surface area contributed by atoms with Gasteiger partial charge in [-0.2, -0.15) is 0 Å². The molecule has 0 saturated carbocycles. The average Bonchev–Trinajstić information content (AvgIpc) is 0.903. The molecular weight excluding hydrogens is 1380 g/mol. The molecule has 3 N–H and O–H groups in total. The van der Waals surface area contributed by atoms with Crippen molar-refractivity contribution in [3.05, 3.63) is 194 Å². The number of aliphatic hydroxyl groups is 1. The largest absolute Gasteiger partial charge is 0.472 e. The molecule has 0 aromatic rings. The summed E-state index contributed by atoms with van der Waals surface area (Å²) < 4.78 is 68.4. The number of ether oxygens (including phenoxy) is 4. The zero-order valence-electron chi connectivity index (χ0n) is 65.3. The van der Waals surface area contributed by atoms with E-state index in [1.54, 1.807) is 0 Å². The Bertz CT molecular complexity index is 2780. The van der Waals surface area contributed by atoms with Gasteiger partial charge in [0.1, 0.15) is 19.3 Å². The predicted octanol–water partition coefficient (Wildman–Crippen LogP) is 23.3. The minimum absolute atomic E-state index is 0.0119. The van der Waals surface area contributed by atoms with Gasteiger partial charge in [0.05, 0.1) is 26.4 Å². The third-order valence-corrected chi connectivity index (χ3v) is 17.5. The van der Waals surface area contributed by atoms with Gasteiger partial charge in [-0.15, -0.1) is 0 Å². The second-order valence-corrected chi connectivity index (χ2v) is 28.4. The lowest BCUT2D eigenvalue weighted by molar-refractivity contribution is -0.161. The molecule has 0 amide bonds. The lowest BCUT2D eigenvalue weighted by Gasteiger charge is -2.21. The third kappa shape index (κ3) is 76.1. The van der Waals surface area contributed by atoms with Crippen molar-refractivity contribution in [2.45, 2.75) is 290 Å². The number of hydrogen-bond acceptors (Lipinski definition) is 15. The Kier molecular flexibility index (Phi) is 72.6. The Hall–Kier alpha value is -6.10. The van der Waals surface area contributed by atoms with Gasteiger partial charge in [-0.25, -0.2) is 9.13 Å². The fourth-order valence-corrected chi connectivity index (χ4v) is 11.2. The zero-order chi connectivity index (χ0) is 77.4. The smallest absolute Gasteiger partial charge is 0.462 e. The molecule has 0 aliphatic rings. The van der Waals surface area contributed by atoms with Gasteiger partial charge in [0.2, 0.25) is 0 Å². The van der Waals surface area contributed by atoms with Crippen LogP contribution in [-0.4, -0.2) is 96.7 Å². The summed E-state index contributed by atoms with van der Waals surface area (Å²) in [6.07, 6.45) is 94.5. The van der Waals surface area contributed by atoms with Crippen LogP contribution in [0.4, 0.5) is 0 Å². The van der Waals surface area contributed by atoms with Gasteiger partial charge in [0, 0.05) is 25.7 Å². The number of hydrogen-bond donors (Lipinski definition) is 3. The van der Waals surface area contributed by atoms with E-state index in [9.17, 15) is 43.2 Å². The number of carbonyl (C=O) groups excluding carboxylic acids is 4. The number of phosphoric ester groups is 2. The van der Waals surface area contributed by atoms with E-state index < -0.39 is 97.5 Å². The molecule has 106 heavy (non-hydrogen) atoms. The predicted molar refractivity (Wildman–Crippen MR) is 436 cm³/mol. The van der Waals surface area contributed by atoms with Crippen molar-refractivity contribution in [1.82, 2.24) is 0 Å². The highest BCUT2D eigenvalue weighted by molar-refractivity contribution is 7.47. The molecular formula is C87H138O17P2. The Morgan fingerprint density at radius 3 is 0.840 bits per heavy atom. The average molecular weight is 1520 g/mol. The van der Waals surface area contributed by atoms with Crippen LogP contribution in [0.2, 0.25) is 0 Å². The number of rotatable bonds is 72. The van der Waals surface area contributed by atoms with E-state index in [-0.39, 0.29) is 25.7 Å². The van der Waals surface area contributed by atoms with Crippen LogP contribution in [0.25, 0.3) is 0 Å². The van der Waals surface area contributed by atoms with Crippen molar-refractivity contribution in [3.63, 3.8) is 0 Å². The van der Waals surface area contributed by atoms with Crippen molar-refractivity contribution < 1.29 is 80.2 Å². The quantitative estimate of drug-likeness (QED) is 0.0169. The first kappa shape index (κ1) is 99.9. The molecule has 0 rings (SSSR count). The lowest BCUT2D eigenvalue weighted by Crippen LogP contribution is -2.30.